The second kappa shape index (κ2) is 9.15. The summed E-state index contributed by atoms with van der Waals surface area (Å²) < 4.78 is 5.13. The molecule has 0 aliphatic carbocycles. The van der Waals surface area contributed by atoms with Gasteiger partial charge in [0.1, 0.15) is 5.75 Å². The third kappa shape index (κ3) is 5.68. The highest BCUT2D eigenvalue weighted by Crippen LogP contribution is 2.11. The number of benzene rings is 3. The van der Waals surface area contributed by atoms with E-state index in [1.54, 1.807) is 24.3 Å². The number of hydrogen-bond acceptors (Lipinski definition) is 3. The molecule has 3 aromatic rings. The van der Waals surface area contributed by atoms with E-state index in [2.05, 4.69) is 34.8 Å². The summed E-state index contributed by atoms with van der Waals surface area (Å²) in [6, 6.07) is 26.9. The SMILES string of the molecule is CC(=NNC(=O)Oc1ccccc1)c1ccc(C=Cc2ccccc2)cc1. The number of rotatable bonds is 5. The Morgan fingerprint density at radius 3 is 2.00 bits per heavy atom. The third-order valence-corrected chi connectivity index (χ3v) is 3.86. The molecule has 1 N–H and O–H groups in total. The van der Waals surface area contributed by atoms with E-state index in [4.69, 9.17) is 4.74 Å². The van der Waals surface area contributed by atoms with Crippen molar-refractivity contribution in [2.24, 2.45) is 5.10 Å². The second-order valence-corrected chi connectivity index (χ2v) is 5.88. The van der Waals surface area contributed by atoms with Crippen LogP contribution >= 0.6 is 0 Å². The Morgan fingerprint density at radius 1 is 0.815 bits per heavy atom. The average Bonchev–Trinajstić information content (AvgIpc) is 2.72. The molecule has 0 fully saturated rings. The zero-order valence-electron chi connectivity index (χ0n) is 15.0. The van der Waals surface area contributed by atoms with E-state index < -0.39 is 6.09 Å². The summed E-state index contributed by atoms with van der Waals surface area (Å²) in [4.78, 5) is 11.8. The fraction of sp³-hybridized carbons (Fsp3) is 0.0435. The van der Waals surface area contributed by atoms with E-state index in [0.29, 0.717) is 11.5 Å². The molecule has 0 aromatic heterocycles. The first-order valence-electron chi connectivity index (χ1n) is 8.61. The molecule has 0 heterocycles. The van der Waals surface area contributed by atoms with Crippen LogP contribution in [0.1, 0.15) is 23.6 Å². The van der Waals surface area contributed by atoms with E-state index in [1.165, 1.54) is 0 Å². The Hall–Kier alpha value is -3.66. The molecule has 4 nitrogen and oxygen atoms in total. The largest absolute Gasteiger partial charge is 0.433 e. The summed E-state index contributed by atoms with van der Waals surface area (Å²) in [7, 11) is 0. The molecule has 0 bridgehead atoms. The molecule has 134 valence electrons. The molecule has 0 spiro atoms. The Bertz CT molecular complexity index is 931. The van der Waals surface area contributed by atoms with Crippen molar-refractivity contribution < 1.29 is 9.53 Å². The molecule has 3 rings (SSSR count). The summed E-state index contributed by atoms with van der Waals surface area (Å²) in [5, 5.41) is 4.09. The highest BCUT2D eigenvalue weighted by Gasteiger charge is 2.03. The molecule has 3 aromatic carbocycles. The number of nitrogens with one attached hydrogen (secondary N) is 1. The van der Waals surface area contributed by atoms with Gasteiger partial charge in [-0.2, -0.15) is 5.10 Å². The summed E-state index contributed by atoms with van der Waals surface area (Å²) in [5.74, 6) is 0.470. The van der Waals surface area contributed by atoms with Crippen LogP contribution in [0.5, 0.6) is 5.75 Å². The van der Waals surface area contributed by atoms with Gasteiger partial charge in [-0.15, -0.1) is 0 Å². The molecule has 0 radical (unpaired) electrons. The fourth-order valence-electron chi connectivity index (χ4n) is 2.40. The summed E-state index contributed by atoms with van der Waals surface area (Å²) in [5.41, 5.74) is 6.26. The molecule has 0 saturated heterocycles. The predicted octanol–water partition coefficient (Wildman–Crippen LogP) is 5.37. The maximum atomic E-state index is 11.8. The number of para-hydroxylation sites is 1. The lowest BCUT2D eigenvalue weighted by Crippen LogP contribution is -2.23. The average molecular weight is 356 g/mol. The molecule has 1 amide bonds. The van der Waals surface area contributed by atoms with Crippen LogP contribution < -0.4 is 10.2 Å². The fourth-order valence-corrected chi connectivity index (χ4v) is 2.40. The lowest BCUT2D eigenvalue weighted by Gasteiger charge is -2.05. The van der Waals surface area contributed by atoms with Crippen LogP contribution in [0.3, 0.4) is 0 Å². The van der Waals surface area contributed by atoms with Crippen molar-refractivity contribution in [3.05, 3.63) is 102 Å². The van der Waals surface area contributed by atoms with Gasteiger partial charge in [-0.05, 0) is 35.7 Å². The van der Waals surface area contributed by atoms with Crippen molar-refractivity contribution in [2.45, 2.75) is 6.92 Å². The van der Waals surface area contributed by atoms with Crippen molar-refractivity contribution in [3.8, 4) is 5.75 Å². The topological polar surface area (TPSA) is 50.7 Å². The van der Waals surface area contributed by atoms with Gasteiger partial charge in [0.15, 0.2) is 0 Å². The monoisotopic (exact) mass is 356 g/mol. The highest BCUT2D eigenvalue weighted by molar-refractivity contribution is 5.99. The van der Waals surface area contributed by atoms with Crippen LogP contribution in [0, 0.1) is 0 Å². The van der Waals surface area contributed by atoms with Gasteiger partial charge >= 0.3 is 6.09 Å². The highest BCUT2D eigenvalue weighted by atomic mass is 16.6. The van der Waals surface area contributed by atoms with E-state index >= 15 is 0 Å². The Kier molecular flexibility index (Phi) is 6.15. The number of nitrogens with zero attached hydrogens (tertiary/aromatic N) is 1. The zero-order valence-corrected chi connectivity index (χ0v) is 15.0. The molecular formula is C23H20N2O2. The van der Waals surface area contributed by atoms with E-state index in [-0.39, 0.29) is 0 Å². The zero-order chi connectivity index (χ0) is 18.9. The van der Waals surface area contributed by atoms with Gasteiger partial charge in [-0.3, -0.25) is 0 Å². The Labute approximate surface area is 158 Å². The van der Waals surface area contributed by atoms with E-state index in [9.17, 15) is 4.79 Å². The van der Waals surface area contributed by atoms with Crippen molar-refractivity contribution in [2.75, 3.05) is 0 Å². The number of carbonyl (C=O) groups excluding carboxylic acids is 1. The van der Waals surface area contributed by atoms with Crippen LogP contribution in [-0.4, -0.2) is 11.8 Å². The summed E-state index contributed by atoms with van der Waals surface area (Å²) >= 11 is 0. The third-order valence-electron chi connectivity index (χ3n) is 3.86. The smallest absolute Gasteiger partial charge is 0.409 e. The maximum absolute atomic E-state index is 11.8. The number of ether oxygens (including phenoxy) is 1. The molecule has 27 heavy (non-hydrogen) atoms. The predicted molar refractivity (Wildman–Crippen MR) is 110 cm³/mol. The normalized spacial score (nSPS) is 11.4. The van der Waals surface area contributed by atoms with Crippen molar-refractivity contribution >= 4 is 24.0 Å². The van der Waals surface area contributed by atoms with Gasteiger partial charge in [0.2, 0.25) is 0 Å². The molecule has 0 atom stereocenters. The van der Waals surface area contributed by atoms with Gasteiger partial charge < -0.3 is 4.74 Å². The minimum Gasteiger partial charge on any atom is -0.409 e. The first kappa shape index (κ1) is 18.1. The maximum Gasteiger partial charge on any atom is 0.433 e. The summed E-state index contributed by atoms with van der Waals surface area (Å²) in [6.07, 6.45) is 3.50. The Balaban J connectivity index is 1.58. The molecule has 4 heteroatoms. The Morgan fingerprint density at radius 2 is 1.37 bits per heavy atom. The molecule has 0 aliphatic rings. The van der Waals surface area contributed by atoms with Crippen LogP contribution in [0.15, 0.2) is 90.0 Å². The van der Waals surface area contributed by atoms with Crippen LogP contribution in [0.4, 0.5) is 4.79 Å². The van der Waals surface area contributed by atoms with Crippen LogP contribution in [0.2, 0.25) is 0 Å². The molecular weight excluding hydrogens is 336 g/mol. The number of amides is 1. The van der Waals surface area contributed by atoms with Crippen molar-refractivity contribution in [1.29, 1.82) is 0 Å². The van der Waals surface area contributed by atoms with Crippen LogP contribution in [-0.2, 0) is 0 Å². The van der Waals surface area contributed by atoms with E-state index in [0.717, 1.165) is 16.7 Å². The van der Waals surface area contributed by atoms with Gasteiger partial charge in [0.05, 0.1) is 5.71 Å². The quantitative estimate of drug-likeness (QED) is 0.380. The minimum absolute atomic E-state index is 0.470. The lowest BCUT2D eigenvalue weighted by atomic mass is 10.1. The second-order valence-electron chi connectivity index (χ2n) is 5.88. The standard InChI is InChI=1S/C23H20N2O2/c1-18(24-25-23(26)27-22-10-6-3-7-11-22)21-16-14-20(15-17-21)13-12-19-8-4-2-5-9-19/h2-17H,1H3,(H,25,26). The van der Waals surface area contributed by atoms with Gasteiger partial charge in [0, 0.05) is 0 Å². The number of hydrogen-bond donors (Lipinski definition) is 1. The molecule has 0 saturated carbocycles. The first-order valence-corrected chi connectivity index (χ1v) is 8.61. The van der Waals surface area contributed by atoms with Crippen LogP contribution in [0.25, 0.3) is 12.2 Å². The summed E-state index contributed by atoms with van der Waals surface area (Å²) in [6.45, 7) is 1.83. The van der Waals surface area contributed by atoms with E-state index in [1.807, 2.05) is 55.5 Å². The first-order chi connectivity index (χ1) is 13.2. The van der Waals surface area contributed by atoms with Crippen molar-refractivity contribution in [3.63, 3.8) is 0 Å². The van der Waals surface area contributed by atoms with Gasteiger partial charge in [0.25, 0.3) is 0 Å². The minimum atomic E-state index is -0.622. The molecule has 0 aliphatic heterocycles. The van der Waals surface area contributed by atoms with Crippen molar-refractivity contribution in [1.82, 2.24) is 5.43 Å². The lowest BCUT2D eigenvalue weighted by molar-refractivity contribution is 0.201. The van der Waals surface area contributed by atoms with Gasteiger partial charge in [-0.1, -0.05) is 84.9 Å². The van der Waals surface area contributed by atoms with Gasteiger partial charge in [-0.25, -0.2) is 10.2 Å². The molecule has 0 unspecified atom stereocenters. The number of carbonyl (C=O) groups is 1. The number of hydrazone groups is 1.